The monoisotopic (exact) mass is 456 g/mol. The fourth-order valence-corrected chi connectivity index (χ4v) is 4.06. The Hall–Kier alpha value is -2.63. The zero-order valence-electron chi connectivity index (χ0n) is 13.3. The molecule has 0 bridgehead atoms. The number of nitrogens with two attached hydrogens (primary N) is 1. The Morgan fingerprint density at radius 1 is 0.643 bits per heavy atom. The molecular weight excluding hydrogens is 444 g/mol. The summed E-state index contributed by atoms with van der Waals surface area (Å²) in [6.07, 6.45) is 0. The number of nitrogen functional groups attached to an aromatic ring is 1. The van der Waals surface area contributed by atoms with Gasteiger partial charge in [-0.05, 0) is 12.1 Å². The molecule has 2 aromatic carbocycles. The highest BCUT2D eigenvalue weighted by Crippen LogP contribution is 2.38. The predicted octanol–water partition coefficient (Wildman–Crippen LogP) is 0.164. The Morgan fingerprint density at radius 3 is 1.61 bits per heavy atom. The van der Waals surface area contributed by atoms with Crippen LogP contribution in [0.5, 0.6) is 11.5 Å². The molecule has 0 aliphatic heterocycles. The van der Waals surface area contributed by atoms with Crippen LogP contribution in [0, 0.1) is 0 Å². The summed E-state index contributed by atoms with van der Waals surface area (Å²) in [5.74, 6) is -1.87. The molecule has 0 aromatic heterocycles. The number of hydrogen-bond donors (Lipinski definition) is 7. The second-order valence-electron chi connectivity index (χ2n) is 5.27. The van der Waals surface area contributed by atoms with Crippen LogP contribution in [0.3, 0.4) is 0 Å². The molecule has 8 N–H and O–H groups in total. The van der Waals surface area contributed by atoms with Crippen molar-refractivity contribution in [1.82, 2.24) is 0 Å². The van der Waals surface area contributed by atoms with Crippen LogP contribution in [-0.2, 0) is 30.4 Å². The molecule has 0 amide bonds. The normalized spacial score (nSPS) is 12.7. The van der Waals surface area contributed by atoms with Crippen molar-refractivity contribution in [2.24, 2.45) is 0 Å². The Kier molecular flexibility index (Phi) is 5.23. The van der Waals surface area contributed by atoms with Gasteiger partial charge in [0.2, 0.25) is 0 Å². The molecule has 0 spiro atoms. The number of phenols is 2. The number of rotatable bonds is 5. The molecule has 2 aromatic rings. The van der Waals surface area contributed by atoms with Gasteiger partial charge in [-0.25, -0.2) is 0 Å². The van der Waals surface area contributed by atoms with Gasteiger partial charge in [0.25, 0.3) is 30.4 Å². The number of phenolic OH excluding ortho intramolecular Hbond substituents is 2. The van der Waals surface area contributed by atoms with E-state index in [1.54, 1.807) is 0 Å². The average molecular weight is 456 g/mol. The topological polar surface area (TPSA) is 242 Å². The van der Waals surface area contributed by atoms with Crippen LogP contribution in [0.1, 0.15) is 0 Å². The van der Waals surface area contributed by atoms with E-state index in [9.17, 15) is 40.0 Å². The maximum atomic E-state index is 11.5. The summed E-state index contributed by atoms with van der Waals surface area (Å²) in [6.45, 7) is 0. The van der Waals surface area contributed by atoms with Gasteiger partial charge in [0.15, 0.2) is 0 Å². The number of hydrogen-bond acceptors (Lipinski definition) is 10. The van der Waals surface area contributed by atoms with E-state index in [2.05, 4.69) is 5.32 Å². The van der Waals surface area contributed by atoms with E-state index in [0.29, 0.717) is 18.2 Å². The van der Waals surface area contributed by atoms with Gasteiger partial charge in [-0.3, -0.25) is 13.7 Å². The molecule has 0 atom stereocenters. The average Bonchev–Trinajstić information content (AvgIpc) is 2.46. The van der Waals surface area contributed by atoms with Crippen LogP contribution < -0.4 is 11.1 Å². The highest BCUT2D eigenvalue weighted by molar-refractivity contribution is 7.87. The standard InChI is InChI=1S/C12H12N2O11S3/c13-5-1-8(15)6(3-10(5)26(17,18)19)14-7-2-9(16)12(28(23,24)25)4-11(7)27(20,21)22/h1-4,14-16H,13H2,(H,17,18,19)(H,20,21,22)(H,23,24,25). The quantitative estimate of drug-likeness (QED) is 0.180. The molecule has 154 valence electrons. The van der Waals surface area contributed by atoms with Gasteiger partial charge in [-0.1, -0.05) is 0 Å². The third kappa shape index (κ3) is 4.43. The molecular formula is C12H12N2O11S3. The van der Waals surface area contributed by atoms with Crippen LogP contribution in [0.4, 0.5) is 17.1 Å². The molecule has 13 nitrogen and oxygen atoms in total. The largest absolute Gasteiger partial charge is 0.506 e. The summed E-state index contributed by atoms with van der Waals surface area (Å²) in [5.41, 5.74) is 3.55. The van der Waals surface area contributed by atoms with E-state index in [1.807, 2.05) is 0 Å². The van der Waals surface area contributed by atoms with Gasteiger partial charge in [0.05, 0.1) is 17.1 Å². The SMILES string of the molecule is Nc1cc(O)c(Nc2cc(O)c(S(=O)(=O)O)cc2S(=O)(=O)O)cc1S(=O)(=O)O. The van der Waals surface area contributed by atoms with Crippen molar-refractivity contribution in [3.63, 3.8) is 0 Å². The van der Waals surface area contributed by atoms with Crippen molar-refractivity contribution in [2.75, 3.05) is 11.1 Å². The Labute approximate surface area is 158 Å². The fourth-order valence-electron chi connectivity index (χ4n) is 2.12. The summed E-state index contributed by atoms with van der Waals surface area (Å²) < 4.78 is 95.5. The molecule has 0 fully saturated rings. The lowest BCUT2D eigenvalue weighted by molar-refractivity contribution is 0.442. The van der Waals surface area contributed by atoms with Crippen molar-refractivity contribution in [1.29, 1.82) is 0 Å². The van der Waals surface area contributed by atoms with Crippen molar-refractivity contribution in [3.05, 3.63) is 24.3 Å². The number of aromatic hydroxyl groups is 2. The van der Waals surface area contributed by atoms with E-state index in [4.69, 9.17) is 14.8 Å². The van der Waals surface area contributed by atoms with Gasteiger partial charge >= 0.3 is 0 Å². The Morgan fingerprint density at radius 2 is 1.14 bits per heavy atom. The van der Waals surface area contributed by atoms with Gasteiger partial charge in [-0.2, -0.15) is 25.3 Å². The van der Waals surface area contributed by atoms with Crippen LogP contribution in [0.2, 0.25) is 0 Å². The lowest BCUT2D eigenvalue weighted by Crippen LogP contribution is -2.08. The summed E-state index contributed by atoms with van der Waals surface area (Å²) in [7, 11) is -15.1. The van der Waals surface area contributed by atoms with E-state index in [1.165, 1.54) is 0 Å². The first kappa shape index (κ1) is 21.7. The predicted molar refractivity (Wildman–Crippen MR) is 93.4 cm³/mol. The number of benzene rings is 2. The van der Waals surface area contributed by atoms with Gasteiger partial charge in [0.1, 0.15) is 26.2 Å². The van der Waals surface area contributed by atoms with Crippen molar-refractivity contribution in [2.45, 2.75) is 14.7 Å². The summed E-state index contributed by atoms with van der Waals surface area (Å²) in [4.78, 5) is -3.26. The van der Waals surface area contributed by atoms with Crippen LogP contribution in [0.15, 0.2) is 39.0 Å². The first-order valence-electron chi connectivity index (χ1n) is 6.71. The molecule has 0 saturated carbocycles. The van der Waals surface area contributed by atoms with Gasteiger partial charge in [0, 0.05) is 12.1 Å². The van der Waals surface area contributed by atoms with Crippen molar-refractivity contribution in [3.8, 4) is 11.5 Å². The molecule has 16 heteroatoms. The number of anilines is 3. The maximum Gasteiger partial charge on any atom is 0.298 e. The summed E-state index contributed by atoms with van der Waals surface area (Å²) >= 11 is 0. The minimum Gasteiger partial charge on any atom is -0.506 e. The maximum absolute atomic E-state index is 11.5. The van der Waals surface area contributed by atoms with E-state index < -0.39 is 73.6 Å². The molecule has 0 saturated heterocycles. The second-order valence-corrected chi connectivity index (χ2v) is 9.44. The Balaban J connectivity index is 2.76. The third-order valence-corrected chi connectivity index (χ3v) is 5.98. The lowest BCUT2D eigenvalue weighted by atomic mass is 10.2. The summed E-state index contributed by atoms with van der Waals surface area (Å²) in [6, 6.07) is 2.00. The van der Waals surface area contributed by atoms with E-state index in [-0.39, 0.29) is 6.07 Å². The molecule has 2 rings (SSSR count). The van der Waals surface area contributed by atoms with E-state index >= 15 is 0 Å². The zero-order valence-corrected chi connectivity index (χ0v) is 15.7. The van der Waals surface area contributed by atoms with Crippen molar-refractivity contribution < 1.29 is 49.1 Å². The Bertz CT molecular complexity index is 1280. The lowest BCUT2D eigenvalue weighted by Gasteiger charge is -2.15. The zero-order chi connectivity index (χ0) is 21.7. The molecule has 0 radical (unpaired) electrons. The molecule has 0 heterocycles. The minimum absolute atomic E-state index is 0.223. The summed E-state index contributed by atoms with van der Waals surface area (Å²) in [5, 5.41) is 21.7. The minimum atomic E-state index is -5.14. The first-order valence-corrected chi connectivity index (χ1v) is 11.0. The van der Waals surface area contributed by atoms with Crippen LogP contribution >= 0.6 is 0 Å². The third-order valence-electron chi connectivity index (χ3n) is 3.29. The number of nitrogens with one attached hydrogen (secondary N) is 1. The van der Waals surface area contributed by atoms with Gasteiger partial charge in [-0.15, -0.1) is 0 Å². The van der Waals surface area contributed by atoms with E-state index in [0.717, 1.165) is 0 Å². The molecule has 0 unspecified atom stereocenters. The molecule has 28 heavy (non-hydrogen) atoms. The smallest absolute Gasteiger partial charge is 0.298 e. The fraction of sp³-hybridized carbons (Fsp3) is 0. The van der Waals surface area contributed by atoms with Crippen LogP contribution in [0.25, 0.3) is 0 Å². The van der Waals surface area contributed by atoms with Crippen LogP contribution in [-0.4, -0.2) is 49.1 Å². The molecule has 0 aliphatic rings. The first-order chi connectivity index (χ1) is 12.5. The van der Waals surface area contributed by atoms with Gasteiger partial charge < -0.3 is 21.3 Å². The highest BCUT2D eigenvalue weighted by Gasteiger charge is 2.26. The second kappa shape index (κ2) is 6.76. The molecule has 0 aliphatic carbocycles. The van der Waals surface area contributed by atoms with Crippen molar-refractivity contribution >= 4 is 47.4 Å². The highest BCUT2D eigenvalue weighted by atomic mass is 32.2.